The quantitative estimate of drug-likeness (QED) is 0.941. The van der Waals surface area contributed by atoms with Crippen LogP contribution < -0.4 is 15.2 Å². The number of fused-ring (bicyclic) bond motifs is 1. The first kappa shape index (κ1) is 13.9. The SMILES string of the molecule is CCc1cccnc1C(N)c1ccc2c(c1)OCCCO2. The van der Waals surface area contributed by atoms with E-state index in [4.69, 9.17) is 15.2 Å². The molecule has 1 aliphatic rings. The third-order valence-electron chi connectivity index (χ3n) is 3.73. The van der Waals surface area contributed by atoms with Gasteiger partial charge in [-0.05, 0) is 35.7 Å². The Morgan fingerprint density at radius 3 is 2.81 bits per heavy atom. The predicted molar refractivity (Wildman–Crippen MR) is 81.7 cm³/mol. The number of nitrogens with two attached hydrogens (primary N) is 1. The fraction of sp³-hybridized carbons (Fsp3) is 0.353. The van der Waals surface area contributed by atoms with Crippen LogP contribution in [0.3, 0.4) is 0 Å². The van der Waals surface area contributed by atoms with Crippen molar-refractivity contribution in [3.8, 4) is 11.5 Å². The molecule has 0 radical (unpaired) electrons. The van der Waals surface area contributed by atoms with E-state index in [0.29, 0.717) is 13.2 Å². The first-order chi connectivity index (χ1) is 10.3. The molecule has 2 N–H and O–H groups in total. The molecule has 0 aliphatic carbocycles. The molecule has 0 saturated heterocycles. The highest BCUT2D eigenvalue weighted by atomic mass is 16.5. The summed E-state index contributed by atoms with van der Waals surface area (Å²) >= 11 is 0. The molecule has 1 atom stereocenters. The zero-order valence-electron chi connectivity index (χ0n) is 12.2. The topological polar surface area (TPSA) is 57.4 Å². The Labute approximate surface area is 124 Å². The number of benzene rings is 1. The zero-order chi connectivity index (χ0) is 14.7. The van der Waals surface area contributed by atoms with Gasteiger partial charge >= 0.3 is 0 Å². The molecular weight excluding hydrogens is 264 g/mol. The summed E-state index contributed by atoms with van der Waals surface area (Å²) in [5.74, 6) is 1.56. The van der Waals surface area contributed by atoms with Gasteiger partial charge in [-0.25, -0.2) is 0 Å². The third kappa shape index (κ3) is 2.85. The van der Waals surface area contributed by atoms with Crippen molar-refractivity contribution in [2.75, 3.05) is 13.2 Å². The Kier molecular flexibility index (Phi) is 4.06. The number of nitrogens with zero attached hydrogens (tertiary/aromatic N) is 1. The Bertz CT molecular complexity index is 628. The van der Waals surface area contributed by atoms with Crippen LogP contribution in [-0.4, -0.2) is 18.2 Å². The number of aromatic nitrogens is 1. The highest BCUT2D eigenvalue weighted by Gasteiger charge is 2.17. The van der Waals surface area contributed by atoms with Crippen molar-refractivity contribution in [3.05, 3.63) is 53.3 Å². The summed E-state index contributed by atoms with van der Waals surface area (Å²) in [4.78, 5) is 4.46. The smallest absolute Gasteiger partial charge is 0.161 e. The van der Waals surface area contributed by atoms with Crippen LogP contribution in [0.15, 0.2) is 36.5 Å². The van der Waals surface area contributed by atoms with E-state index in [-0.39, 0.29) is 6.04 Å². The minimum absolute atomic E-state index is 0.252. The maximum atomic E-state index is 6.41. The average molecular weight is 284 g/mol. The van der Waals surface area contributed by atoms with Gasteiger partial charge in [-0.15, -0.1) is 0 Å². The van der Waals surface area contributed by atoms with Gasteiger partial charge in [0, 0.05) is 12.6 Å². The summed E-state index contributed by atoms with van der Waals surface area (Å²) in [7, 11) is 0. The van der Waals surface area contributed by atoms with E-state index in [1.54, 1.807) is 6.20 Å². The van der Waals surface area contributed by atoms with Crippen LogP contribution in [0.2, 0.25) is 0 Å². The maximum Gasteiger partial charge on any atom is 0.161 e. The number of ether oxygens (including phenoxy) is 2. The Morgan fingerprint density at radius 1 is 1.19 bits per heavy atom. The van der Waals surface area contributed by atoms with Crippen molar-refractivity contribution in [2.45, 2.75) is 25.8 Å². The molecule has 21 heavy (non-hydrogen) atoms. The first-order valence-corrected chi connectivity index (χ1v) is 7.38. The van der Waals surface area contributed by atoms with E-state index in [0.717, 1.165) is 35.6 Å². The lowest BCUT2D eigenvalue weighted by Gasteiger charge is -2.16. The van der Waals surface area contributed by atoms with Crippen molar-refractivity contribution in [2.24, 2.45) is 5.73 Å². The molecule has 2 heterocycles. The van der Waals surface area contributed by atoms with Crippen LogP contribution in [0.5, 0.6) is 11.5 Å². The molecule has 1 unspecified atom stereocenters. The monoisotopic (exact) mass is 284 g/mol. The van der Waals surface area contributed by atoms with E-state index in [9.17, 15) is 0 Å². The molecule has 3 rings (SSSR count). The lowest BCUT2D eigenvalue weighted by molar-refractivity contribution is 0.297. The molecule has 1 aromatic heterocycles. The van der Waals surface area contributed by atoms with Crippen molar-refractivity contribution >= 4 is 0 Å². The highest BCUT2D eigenvalue weighted by molar-refractivity contribution is 5.46. The van der Waals surface area contributed by atoms with Gasteiger partial charge < -0.3 is 15.2 Å². The molecular formula is C17H20N2O2. The maximum absolute atomic E-state index is 6.41. The van der Waals surface area contributed by atoms with Gasteiger partial charge in [0.05, 0.1) is 24.9 Å². The fourth-order valence-electron chi connectivity index (χ4n) is 2.56. The fourth-order valence-corrected chi connectivity index (χ4v) is 2.56. The van der Waals surface area contributed by atoms with Crippen LogP contribution in [0.4, 0.5) is 0 Å². The van der Waals surface area contributed by atoms with E-state index < -0.39 is 0 Å². The molecule has 0 spiro atoms. The molecule has 110 valence electrons. The minimum atomic E-state index is -0.252. The molecule has 0 fully saturated rings. The number of rotatable bonds is 3. The van der Waals surface area contributed by atoms with Crippen LogP contribution in [-0.2, 0) is 6.42 Å². The van der Waals surface area contributed by atoms with Gasteiger partial charge in [0.1, 0.15) is 0 Å². The third-order valence-corrected chi connectivity index (χ3v) is 3.73. The predicted octanol–water partition coefficient (Wildman–Crippen LogP) is 2.85. The van der Waals surface area contributed by atoms with Gasteiger partial charge in [-0.3, -0.25) is 4.98 Å². The molecule has 0 bridgehead atoms. The number of pyridine rings is 1. The van der Waals surface area contributed by atoms with Crippen LogP contribution in [0, 0.1) is 0 Å². The van der Waals surface area contributed by atoms with E-state index in [2.05, 4.69) is 18.0 Å². The van der Waals surface area contributed by atoms with Crippen LogP contribution in [0.25, 0.3) is 0 Å². The lowest BCUT2D eigenvalue weighted by atomic mass is 9.98. The van der Waals surface area contributed by atoms with Crippen molar-refractivity contribution in [1.82, 2.24) is 4.98 Å². The van der Waals surface area contributed by atoms with Crippen LogP contribution in [0.1, 0.15) is 36.2 Å². The minimum Gasteiger partial charge on any atom is -0.490 e. The lowest BCUT2D eigenvalue weighted by Crippen LogP contribution is -2.16. The molecule has 0 saturated carbocycles. The second-order valence-electron chi connectivity index (χ2n) is 5.14. The summed E-state index contributed by atoms with van der Waals surface area (Å²) in [6, 6.07) is 9.67. The largest absolute Gasteiger partial charge is 0.490 e. The Hall–Kier alpha value is -2.07. The van der Waals surface area contributed by atoms with E-state index in [1.165, 1.54) is 5.56 Å². The van der Waals surface area contributed by atoms with E-state index in [1.807, 2.05) is 24.3 Å². The van der Waals surface area contributed by atoms with Gasteiger partial charge in [-0.1, -0.05) is 19.1 Å². The normalized spacial score (nSPS) is 15.3. The van der Waals surface area contributed by atoms with Crippen molar-refractivity contribution in [1.29, 1.82) is 0 Å². The Morgan fingerprint density at radius 2 is 2.00 bits per heavy atom. The van der Waals surface area contributed by atoms with Gasteiger partial charge in [0.25, 0.3) is 0 Å². The molecule has 4 nitrogen and oxygen atoms in total. The van der Waals surface area contributed by atoms with E-state index >= 15 is 0 Å². The second-order valence-corrected chi connectivity index (χ2v) is 5.14. The van der Waals surface area contributed by atoms with Gasteiger partial charge in [0.15, 0.2) is 11.5 Å². The van der Waals surface area contributed by atoms with Crippen molar-refractivity contribution < 1.29 is 9.47 Å². The number of aryl methyl sites for hydroxylation is 1. The molecule has 4 heteroatoms. The summed E-state index contributed by atoms with van der Waals surface area (Å²) in [5, 5.41) is 0. The molecule has 2 aromatic rings. The summed E-state index contributed by atoms with van der Waals surface area (Å²) < 4.78 is 11.4. The van der Waals surface area contributed by atoms with Crippen molar-refractivity contribution in [3.63, 3.8) is 0 Å². The number of hydrogen-bond donors (Lipinski definition) is 1. The van der Waals surface area contributed by atoms with Gasteiger partial charge in [0.2, 0.25) is 0 Å². The average Bonchev–Trinajstić information content (AvgIpc) is 2.78. The zero-order valence-corrected chi connectivity index (χ0v) is 12.2. The van der Waals surface area contributed by atoms with Gasteiger partial charge in [-0.2, -0.15) is 0 Å². The highest BCUT2D eigenvalue weighted by Crippen LogP contribution is 2.33. The van der Waals surface area contributed by atoms with Crippen LogP contribution >= 0.6 is 0 Å². The molecule has 1 aromatic carbocycles. The molecule has 0 amide bonds. The summed E-state index contributed by atoms with van der Waals surface area (Å²) in [6.45, 7) is 3.48. The first-order valence-electron chi connectivity index (χ1n) is 7.38. The summed E-state index contributed by atoms with van der Waals surface area (Å²) in [6.07, 6.45) is 3.61. The Balaban J connectivity index is 1.94. The standard InChI is InChI=1S/C17H20N2O2/c1-2-12-5-3-8-19-17(12)16(18)13-6-7-14-15(11-13)21-10-4-9-20-14/h3,5-8,11,16H,2,4,9-10,18H2,1H3. The number of hydrogen-bond acceptors (Lipinski definition) is 4. The molecule has 1 aliphatic heterocycles. The second kappa shape index (κ2) is 6.14. The summed E-state index contributed by atoms with van der Waals surface area (Å²) in [5.41, 5.74) is 9.50.